The number of hydrogen-bond acceptors (Lipinski definition) is 5. The molecule has 0 saturated carbocycles. The minimum Gasteiger partial charge on any atom is -0.493 e. The molecule has 1 aromatic rings. The van der Waals surface area contributed by atoms with Gasteiger partial charge in [-0.1, -0.05) is 6.08 Å². The molecule has 0 atom stereocenters. The van der Waals surface area contributed by atoms with Gasteiger partial charge in [-0.25, -0.2) is 0 Å². The molecule has 0 bridgehead atoms. The van der Waals surface area contributed by atoms with Crippen LogP contribution in [0, 0.1) is 3.57 Å². The van der Waals surface area contributed by atoms with Gasteiger partial charge in [0.2, 0.25) is 0 Å². The molecule has 0 unspecified atom stereocenters. The Labute approximate surface area is 171 Å². The summed E-state index contributed by atoms with van der Waals surface area (Å²) in [5.41, 5.74) is 0.642. The van der Waals surface area contributed by atoms with Gasteiger partial charge in [0.25, 0.3) is 11.8 Å². The predicted octanol–water partition coefficient (Wildman–Crippen LogP) is 2.90. The normalized spacial score (nSPS) is 16.1. The van der Waals surface area contributed by atoms with Gasteiger partial charge < -0.3 is 9.47 Å². The molecular weight excluding hydrogens is 467 g/mol. The maximum Gasteiger partial charge on any atom is 0.265 e. The lowest BCUT2D eigenvalue weighted by atomic mass is 10.1. The number of ether oxygens (including phenoxy) is 2. The number of methoxy groups -OCH3 is 1. The van der Waals surface area contributed by atoms with Gasteiger partial charge in [-0.05, 0) is 72.4 Å². The first kappa shape index (κ1) is 20.4. The first-order valence-corrected chi connectivity index (χ1v) is 9.31. The average Bonchev–Trinajstić information content (AvgIpc) is 2.57. The van der Waals surface area contributed by atoms with Crippen molar-refractivity contribution in [3.05, 3.63) is 39.5 Å². The third-order valence-corrected chi connectivity index (χ3v) is 4.54. The number of benzene rings is 1. The van der Waals surface area contributed by atoms with E-state index < -0.39 is 11.8 Å². The third-order valence-electron chi connectivity index (χ3n) is 3.41. The van der Waals surface area contributed by atoms with Crippen LogP contribution in [0.4, 0.5) is 0 Å². The van der Waals surface area contributed by atoms with Crippen LogP contribution in [0.25, 0.3) is 6.08 Å². The summed E-state index contributed by atoms with van der Waals surface area (Å²) in [6, 6.07) is 3.54. The Morgan fingerprint density at radius 2 is 2.08 bits per heavy atom. The molecule has 1 aliphatic rings. The zero-order chi connectivity index (χ0) is 19.4. The lowest BCUT2D eigenvalue weighted by Crippen LogP contribution is -2.53. The topological polar surface area (TPSA) is 67.9 Å². The van der Waals surface area contributed by atoms with Gasteiger partial charge in [0.1, 0.15) is 5.57 Å². The molecule has 0 aliphatic carbocycles. The summed E-state index contributed by atoms with van der Waals surface area (Å²) >= 11 is 7.17. The van der Waals surface area contributed by atoms with Crippen molar-refractivity contribution in [3.8, 4) is 11.5 Å². The monoisotopic (exact) mass is 486 g/mol. The van der Waals surface area contributed by atoms with E-state index in [1.54, 1.807) is 12.1 Å². The molecule has 0 spiro atoms. The Bertz CT molecular complexity index is 805. The fraction of sp³-hybridized carbons (Fsp3) is 0.278. The summed E-state index contributed by atoms with van der Waals surface area (Å²) in [5.74, 6) is 0.158. The van der Waals surface area contributed by atoms with Gasteiger partial charge in [0.05, 0.1) is 16.8 Å². The van der Waals surface area contributed by atoms with Crippen molar-refractivity contribution in [2.45, 2.75) is 20.0 Å². The lowest BCUT2D eigenvalue weighted by molar-refractivity contribution is -0.128. The van der Waals surface area contributed by atoms with E-state index in [1.807, 2.05) is 19.9 Å². The van der Waals surface area contributed by atoms with Gasteiger partial charge >= 0.3 is 0 Å². The molecule has 2 amide bonds. The van der Waals surface area contributed by atoms with Crippen molar-refractivity contribution in [1.29, 1.82) is 0 Å². The van der Waals surface area contributed by atoms with Crippen molar-refractivity contribution >= 4 is 57.8 Å². The first-order valence-electron chi connectivity index (χ1n) is 7.82. The van der Waals surface area contributed by atoms with Crippen molar-refractivity contribution < 1.29 is 19.1 Å². The molecule has 6 nitrogen and oxygen atoms in total. The predicted molar refractivity (Wildman–Crippen MR) is 112 cm³/mol. The fourth-order valence-electron chi connectivity index (χ4n) is 2.33. The number of carbonyl (C=O) groups excluding carboxylic acids is 2. The number of halogens is 1. The maximum absolute atomic E-state index is 12.6. The highest BCUT2D eigenvalue weighted by Gasteiger charge is 2.32. The van der Waals surface area contributed by atoms with Crippen LogP contribution < -0.4 is 14.8 Å². The quantitative estimate of drug-likeness (QED) is 0.220. The number of rotatable bonds is 6. The molecule has 0 radical (unpaired) electrons. The highest BCUT2D eigenvalue weighted by Crippen LogP contribution is 2.35. The van der Waals surface area contributed by atoms with Crippen LogP contribution in [-0.4, -0.2) is 41.6 Å². The number of amides is 2. The summed E-state index contributed by atoms with van der Waals surface area (Å²) in [6.45, 7) is 7.67. The molecule has 8 heteroatoms. The molecule has 1 saturated heterocycles. The van der Waals surface area contributed by atoms with Gasteiger partial charge in [0.15, 0.2) is 16.6 Å². The van der Waals surface area contributed by atoms with E-state index >= 15 is 0 Å². The van der Waals surface area contributed by atoms with Crippen LogP contribution in [0.5, 0.6) is 11.5 Å². The fourth-order valence-corrected chi connectivity index (χ4v) is 3.33. The van der Waals surface area contributed by atoms with Crippen molar-refractivity contribution in [2.75, 3.05) is 13.7 Å². The van der Waals surface area contributed by atoms with Crippen LogP contribution in [0.15, 0.2) is 30.4 Å². The molecule has 0 aromatic heterocycles. The molecule has 138 valence electrons. The van der Waals surface area contributed by atoms with E-state index in [0.29, 0.717) is 17.1 Å². The molecule has 1 fully saturated rings. The van der Waals surface area contributed by atoms with E-state index in [4.69, 9.17) is 21.7 Å². The Morgan fingerprint density at radius 3 is 2.65 bits per heavy atom. The zero-order valence-corrected chi connectivity index (χ0v) is 17.6. The summed E-state index contributed by atoms with van der Waals surface area (Å²) in [6.07, 6.45) is 3.05. The number of nitrogens with zero attached hydrogens (tertiary/aromatic N) is 1. The summed E-state index contributed by atoms with van der Waals surface area (Å²) < 4.78 is 12.0. The highest BCUT2D eigenvalue weighted by atomic mass is 127. The third kappa shape index (κ3) is 4.42. The Balaban J connectivity index is 2.46. The second kappa shape index (κ2) is 8.63. The second-order valence-electron chi connectivity index (χ2n) is 5.72. The van der Waals surface area contributed by atoms with E-state index in [1.165, 1.54) is 18.1 Å². The summed E-state index contributed by atoms with van der Waals surface area (Å²) in [5, 5.41) is 2.59. The molecule has 1 aliphatic heterocycles. The SMILES string of the molecule is C=CCN1C(=O)C(=Cc2cc(I)c(OC(C)C)c(OC)c2)C(=O)NC1=S. The van der Waals surface area contributed by atoms with Gasteiger partial charge in [-0.3, -0.25) is 19.8 Å². The number of thiocarbonyl (C=S) groups is 1. The second-order valence-corrected chi connectivity index (χ2v) is 7.27. The Morgan fingerprint density at radius 1 is 1.38 bits per heavy atom. The smallest absolute Gasteiger partial charge is 0.265 e. The van der Waals surface area contributed by atoms with Gasteiger partial charge in [-0.2, -0.15) is 0 Å². The van der Waals surface area contributed by atoms with E-state index in [9.17, 15) is 9.59 Å². The lowest BCUT2D eigenvalue weighted by Gasteiger charge is -2.27. The van der Waals surface area contributed by atoms with Crippen molar-refractivity contribution in [2.24, 2.45) is 0 Å². The molecule has 1 heterocycles. The Hall–Kier alpha value is -1.94. The number of carbonyl (C=O) groups is 2. The van der Waals surface area contributed by atoms with Crippen molar-refractivity contribution in [3.63, 3.8) is 0 Å². The molecule has 1 N–H and O–H groups in total. The molecule has 2 rings (SSSR count). The van der Waals surface area contributed by atoms with Gasteiger partial charge in [0, 0.05) is 6.54 Å². The van der Waals surface area contributed by atoms with E-state index in [-0.39, 0.29) is 23.3 Å². The van der Waals surface area contributed by atoms with E-state index in [2.05, 4.69) is 34.5 Å². The molecular formula is C18H19IN2O4S. The van der Waals surface area contributed by atoms with Crippen molar-refractivity contribution in [1.82, 2.24) is 10.2 Å². The first-order chi connectivity index (χ1) is 12.3. The zero-order valence-electron chi connectivity index (χ0n) is 14.7. The number of nitrogens with one attached hydrogen (secondary N) is 1. The van der Waals surface area contributed by atoms with Gasteiger partial charge in [-0.15, -0.1) is 6.58 Å². The van der Waals surface area contributed by atoms with Crippen LogP contribution >= 0.6 is 34.8 Å². The number of hydrogen-bond donors (Lipinski definition) is 1. The van der Waals surface area contributed by atoms with Crippen LogP contribution in [-0.2, 0) is 9.59 Å². The maximum atomic E-state index is 12.6. The van der Waals surface area contributed by atoms with Crippen LogP contribution in [0.1, 0.15) is 19.4 Å². The average molecular weight is 486 g/mol. The Kier molecular flexibility index (Phi) is 6.76. The summed E-state index contributed by atoms with van der Waals surface area (Å²) in [4.78, 5) is 26.1. The highest BCUT2D eigenvalue weighted by molar-refractivity contribution is 14.1. The van der Waals surface area contributed by atoms with E-state index in [0.717, 1.165) is 3.57 Å². The van der Waals surface area contributed by atoms with Crippen LogP contribution in [0.3, 0.4) is 0 Å². The minimum absolute atomic E-state index is 0.00386. The molecule has 1 aromatic carbocycles. The molecule has 26 heavy (non-hydrogen) atoms. The summed E-state index contributed by atoms with van der Waals surface area (Å²) in [7, 11) is 1.54. The van der Waals surface area contributed by atoms with Crippen LogP contribution in [0.2, 0.25) is 0 Å². The largest absolute Gasteiger partial charge is 0.493 e. The standard InChI is InChI=1S/C18H19IN2O4S/c1-5-6-21-17(23)12(16(22)20-18(21)26)7-11-8-13(19)15(25-10(2)3)14(9-11)24-4/h5,7-10H,1,6H2,2-4H3,(H,20,22,26). The minimum atomic E-state index is -0.531.